The zero-order chi connectivity index (χ0) is 19.0. The van der Waals surface area contributed by atoms with E-state index < -0.39 is 23.5 Å². The highest BCUT2D eigenvalue weighted by Gasteiger charge is 2.44. The molecule has 3 unspecified atom stereocenters. The summed E-state index contributed by atoms with van der Waals surface area (Å²) in [6, 6.07) is 1.11. The van der Waals surface area contributed by atoms with Gasteiger partial charge in [0, 0.05) is 24.2 Å². The van der Waals surface area contributed by atoms with Gasteiger partial charge in [-0.05, 0) is 56.6 Å². The molecule has 2 aliphatic heterocycles. The molecule has 2 heterocycles. The number of hydrogen-bond donors (Lipinski definition) is 1. The third-order valence-corrected chi connectivity index (χ3v) is 5.61. The van der Waals surface area contributed by atoms with Gasteiger partial charge in [-0.3, -0.25) is 9.59 Å². The molecule has 142 valence electrons. The number of fused-ring (bicyclic) bond motifs is 2. The first kappa shape index (κ1) is 18.9. The molecule has 2 bridgehead atoms. The van der Waals surface area contributed by atoms with Gasteiger partial charge in [-0.1, -0.05) is 0 Å². The Labute approximate surface area is 150 Å². The molecule has 0 aromatic heterocycles. The molecule has 2 saturated heterocycles. The van der Waals surface area contributed by atoms with Gasteiger partial charge in [0.2, 0.25) is 5.91 Å². The summed E-state index contributed by atoms with van der Waals surface area (Å²) < 4.78 is 40.3. The van der Waals surface area contributed by atoms with E-state index in [1.165, 1.54) is 6.92 Å². The van der Waals surface area contributed by atoms with Crippen LogP contribution in [0.5, 0.6) is 0 Å². The molecule has 0 spiro atoms. The van der Waals surface area contributed by atoms with E-state index in [-0.39, 0.29) is 48.1 Å². The summed E-state index contributed by atoms with van der Waals surface area (Å²) >= 11 is 0. The first-order valence-corrected chi connectivity index (χ1v) is 8.95. The highest BCUT2D eigenvalue weighted by atomic mass is 19.2. The number of carbonyl (C=O) groups excluding carboxylic acids is 2. The average Bonchev–Trinajstić information content (AvgIpc) is 2.82. The largest absolute Gasteiger partial charge is 0.336 e. The van der Waals surface area contributed by atoms with Crippen molar-refractivity contribution in [1.29, 1.82) is 0 Å². The molecule has 3 rings (SSSR count). The number of nitrogens with two attached hydrogens (primary N) is 1. The van der Waals surface area contributed by atoms with Gasteiger partial charge in [0.15, 0.2) is 11.6 Å². The van der Waals surface area contributed by atoms with Crippen LogP contribution in [0.3, 0.4) is 0 Å². The Bertz CT molecular complexity index is 711. The molecule has 0 radical (unpaired) electrons. The van der Waals surface area contributed by atoms with E-state index in [9.17, 15) is 22.8 Å². The monoisotopic (exact) mass is 368 g/mol. The average molecular weight is 368 g/mol. The van der Waals surface area contributed by atoms with Crippen molar-refractivity contribution in [1.82, 2.24) is 4.90 Å². The molecule has 1 aromatic carbocycles. The first-order valence-electron chi connectivity index (χ1n) is 8.95. The minimum Gasteiger partial charge on any atom is -0.336 e. The molecule has 0 aliphatic carbocycles. The Kier molecular flexibility index (Phi) is 5.37. The second-order valence-electron chi connectivity index (χ2n) is 7.52. The SMILES string of the molecule is CC(=O)CC(=O)N1C2CC[C@H]1CC(C(N)Cc1cc(F)c(F)cc1F)C2. The maximum atomic E-state index is 13.9. The predicted molar refractivity (Wildman–Crippen MR) is 89.7 cm³/mol. The van der Waals surface area contributed by atoms with Gasteiger partial charge in [0.1, 0.15) is 11.6 Å². The van der Waals surface area contributed by atoms with Crippen molar-refractivity contribution in [3.8, 4) is 0 Å². The van der Waals surface area contributed by atoms with Gasteiger partial charge < -0.3 is 10.6 Å². The van der Waals surface area contributed by atoms with E-state index in [0.29, 0.717) is 18.9 Å². The summed E-state index contributed by atoms with van der Waals surface area (Å²) in [5.41, 5.74) is 6.32. The fourth-order valence-corrected chi connectivity index (χ4v) is 4.42. The third-order valence-electron chi connectivity index (χ3n) is 5.61. The zero-order valence-corrected chi connectivity index (χ0v) is 14.7. The number of piperidine rings is 1. The van der Waals surface area contributed by atoms with Crippen LogP contribution in [0.2, 0.25) is 0 Å². The molecule has 2 aliphatic rings. The number of halogens is 3. The Morgan fingerprint density at radius 3 is 2.27 bits per heavy atom. The Morgan fingerprint density at radius 1 is 1.12 bits per heavy atom. The molecule has 1 amide bonds. The maximum absolute atomic E-state index is 13.9. The molecular weight excluding hydrogens is 345 g/mol. The standard InChI is InChI=1S/C19H23F3N2O2/c1-10(25)4-19(26)24-13-2-3-14(24)6-12(5-13)18(23)8-11-7-16(21)17(22)9-15(11)20/h7,9,12-14,18H,2-6,8,23H2,1H3/t12?,13-,14?,18?/m0/s1. The second-order valence-corrected chi connectivity index (χ2v) is 7.52. The van der Waals surface area contributed by atoms with Crippen LogP contribution in [0, 0.1) is 23.4 Å². The van der Waals surface area contributed by atoms with Crippen molar-refractivity contribution in [2.45, 2.75) is 63.6 Å². The fraction of sp³-hybridized carbons (Fsp3) is 0.579. The number of Topliss-reactive ketones (excluding diaryl/α,β-unsaturated/α-hetero) is 1. The highest BCUT2D eigenvalue weighted by Crippen LogP contribution is 2.40. The molecule has 2 fully saturated rings. The van der Waals surface area contributed by atoms with Crippen LogP contribution in [0.4, 0.5) is 13.2 Å². The number of benzene rings is 1. The van der Waals surface area contributed by atoms with Crippen LogP contribution in [0.25, 0.3) is 0 Å². The minimum absolute atomic E-state index is 0.0476. The molecule has 26 heavy (non-hydrogen) atoms. The van der Waals surface area contributed by atoms with Gasteiger partial charge in [0.25, 0.3) is 0 Å². The van der Waals surface area contributed by atoms with Crippen LogP contribution in [-0.4, -0.2) is 34.7 Å². The summed E-state index contributed by atoms with van der Waals surface area (Å²) in [6.45, 7) is 1.40. The van der Waals surface area contributed by atoms with E-state index in [2.05, 4.69) is 0 Å². The fourth-order valence-electron chi connectivity index (χ4n) is 4.42. The van der Waals surface area contributed by atoms with Crippen LogP contribution in [0.15, 0.2) is 12.1 Å². The lowest BCUT2D eigenvalue weighted by atomic mass is 9.82. The number of hydrogen-bond acceptors (Lipinski definition) is 3. The van der Waals surface area contributed by atoms with Crippen molar-refractivity contribution in [3.05, 3.63) is 35.1 Å². The summed E-state index contributed by atoms with van der Waals surface area (Å²) in [7, 11) is 0. The van der Waals surface area contributed by atoms with Crippen LogP contribution < -0.4 is 5.73 Å². The quantitative estimate of drug-likeness (QED) is 0.642. The smallest absolute Gasteiger partial charge is 0.230 e. The summed E-state index contributed by atoms with van der Waals surface area (Å²) in [5.74, 6) is -3.31. The minimum atomic E-state index is -1.21. The van der Waals surface area contributed by atoms with E-state index in [1.807, 2.05) is 4.90 Å². The van der Waals surface area contributed by atoms with Gasteiger partial charge in [-0.2, -0.15) is 0 Å². The van der Waals surface area contributed by atoms with Crippen molar-refractivity contribution >= 4 is 11.7 Å². The van der Waals surface area contributed by atoms with Gasteiger partial charge >= 0.3 is 0 Å². The van der Waals surface area contributed by atoms with Gasteiger partial charge in [-0.25, -0.2) is 13.2 Å². The summed E-state index contributed by atoms with van der Waals surface area (Å²) in [5, 5.41) is 0. The molecule has 2 N–H and O–H groups in total. The van der Waals surface area contributed by atoms with Gasteiger partial charge in [0.05, 0.1) is 6.42 Å². The van der Waals surface area contributed by atoms with E-state index in [0.717, 1.165) is 18.9 Å². The molecular formula is C19H23F3N2O2. The highest BCUT2D eigenvalue weighted by molar-refractivity contribution is 5.97. The predicted octanol–water partition coefficient (Wildman–Crippen LogP) is 2.72. The topological polar surface area (TPSA) is 63.4 Å². The lowest BCUT2D eigenvalue weighted by Gasteiger charge is -2.41. The lowest BCUT2D eigenvalue weighted by molar-refractivity contribution is -0.139. The van der Waals surface area contributed by atoms with Crippen molar-refractivity contribution in [3.63, 3.8) is 0 Å². The summed E-state index contributed by atoms with van der Waals surface area (Å²) in [4.78, 5) is 25.3. The van der Waals surface area contributed by atoms with Crippen molar-refractivity contribution < 1.29 is 22.8 Å². The van der Waals surface area contributed by atoms with E-state index in [4.69, 9.17) is 5.73 Å². The third kappa shape index (κ3) is 3.77. The van der Waals surface area contributed by atoms with Crippen LogP contribution in [-0.2, 0) is 16.0 Å². The van der Waals surface area contributed by atoms with E-state index >= 15 is 0 Å². The number of ketones is 1. The summed E-state index contributed by atoms with van der Waals surface area (Å²) in [6.07, 6.45) is 3.16. The first-order chi connectivity index (χ1) is 12.3. The Balaban J connectivity index is 1.66. The zero-order valence-electron chi connectivity index (χ0n) is 14.7. The molecule has 7 heteroatoms. The Hall–Kier alpha value is -1.89. The van der Waals surface area contributed by atoms with Gasteiger partial charge in [-0.15, -0.1) is 0 Å². The molecule has 1 aromatic rings. The van der Waals surface area contributed by atoms with Crippen LogP contribution >= 0.6 is 0 Å². The number of carbonyl (C=O) groups is 2. The normalized spacial score (nSPS) is 26.0. The lowest BCUT2D eigenvalue weighted by Crippen LogP contribution is -2.50. The van der Waals surface area contributed by atoms with Crippen molar-refractivity contribution in [2.75, 3.05) is 0 Å². The van der Waals surface area contributed by atoms with Crippen molar-refractivity contribution in [2.24, 2.45) is 11.7 Å². The van der Waals surface area contributed by atoms with E-state index in [1.54, 1.807) is 0 Å². The molecule has 4 nitrogen and oxygen atoms in total. The molecule has 4 atom stereocenters. The number of nitrogens with zero attached hydrogens (tertiary/aromatic N) is 1. The number of rotatable bonds is 5. The molecule has 0 saturated carbocycles. The number of amides is 1. The maximum Gasteiger partial charge on any atom is 0.230 e. The second kappa shape index (κ2) is 7.39. The van der Waals surface area contributed by atoms with Crippen LogP contribution in [0.1, 0.15) is 44.6 Å². The Morgan fingerprint density at radius 2 is 1.69 bits per heavy atom.